The maximum Gasteiger partial charge on any atom is 0.323 e. The Morgan fingerprint density at radius 3 is 2.63 bits per heavy atom. The summed E-state index contributed by atoms with van der Waals surface area (Å²) in [4.78, 5) is 11.8. The van der Waals surface area contributed by atoms with Crippen molar-refractivity contribution in [1.82, 2.24) is 0 Å². The number of anilines is 2. The van der Waals surface area contributed by atoms with Crippen LogP contribution in [0.2, 0.25) is 0 Å². The molecule has 0 heterocycles. The van der Waals surface area contributed by atoms with Gasteiger partial charge in [-0.2, -0.15) is 5.26 Å². The van der Waals surface area contributed by atoms with Crippen LogP contribution in [0.3, 0.4) is 0 Å². The molecule has 2 rings (SSSR count). The Hall–Kier alpha value is -2.32. The van der Waals surface area contributed by atoms with Crippen LogP contribution in [0, 0.1) is 11.3 Å². The van der Waals surface area contributed by atoms with E-state index in [9.17, 15) is 4.79 Å². The van der Waals surface area contributed by atoms with Crippen molar-refractivity contribution in [1.29, 1.82) is 5.26 Å². The number of carbonyl (C=O) groups excluding carboxylic acids is 1. The molecule has 2 aromatic carbocycles. The molecule has 0 spiro atoms. The second-order valence-electron chi connectivity index (χ2n) is 3.75. The number of carbonyl (C=O) groups is 1. The summed E-state index contributed by atoms with van der Waals surface area (Å²) >= 11 is 3.33. The third kappa shape index (κ3) is 3.57. The van der Waals surface area contributed by atoms with E-state index in [-0.39, 0.29) is 6.03 Å². The lowest BCUT2D eigenvalue weighted by atomic mass is 10.2. The number of nitrogens with zero attached hydrogens (tertiary/aromatic N) is 1. The summed E-state index contributed by atoms with van der Waals surface area (Å²) in [5.74, 6) is 0. The molecule has 19 heavy (non-hydrogen) atoms. The van der Waals surface area contributed by atoms with Gasteiger partial charge in [-0.05, 0) is 30.3 Å². The number of hydrogen-bond acceptors (Lipinski definition) is 2. The lowest BCUT2D eigenvalue weighted by Gasteiger charge is -2.08. The van der Waals surface area contributed by atoms with Crippen molar-refractivity contribution in [2.75, 3.05) is 10.6 Å². The van der Waals surface area contributed by atoms with Crippen molar-refractivity contribution in [2.24, 2.45) is 0 Å². The van der Waals surface area contributed by atoms with Crippen LogP contribution in [0.5, 0.6) is 0 Å². The van der Waals surface area contributed by atoms with Crippen molar-refractivity contribution >= 4 is 33.3 Å². The van der Waals surface area contributed by atoms with Crippen molar-refractivity contribution < 1.29 is 4.79 Å². The number of halogens is 1. The van der Waals surface area contributed by atoms with Gasteiger partial charge < -0.3 is 10.6 Å². The topological polar surface area (TPSA) is 64.9 Å². The molecule has 0 aliphatic carbocycles. The Balaban J connectivity index is 2.08. The number of urea groups is 1. The van der Waals surface area contributed by atoms with Gasteiger partial charge in [-0.25, -0.2) is 4.79 Å². The zero-order valence-electron chi connectivity index (χ0n) is 9.85. The predicted octanol–water partition coefficient (Wildman–Crippen LogP) is 3.96. The Morgan fingerprint density at radius 2 is 1.89 bits per heavy atom. The zero-order chi connectivity index (χ0) is 13.7. The molecule has 0 saturated carbocycles. The Kier molecular flexibility index (Phi) is 4.16. The highest BCUT2D eigenvalue weighted by Crippen LogP contribution is 2.17. The zero-order valence-corrected chi connectivity index (χ0v) is 11.4. The molecule has 2 N–H and O–H groups in total. The molecule has 0 aliphatic heterocycles. The van der Waals surface area contributed by atoms with Gasteiger partial charge in [-0.15, -0.1) is 0 Å². The van der Waals surface area contributed by atoms with Crippen molar-refractivity contribution in [2.45, 2.75) is 0 Å². The smallest absolute Gasteiger partial charge is 0.308 e. The number of nitrogens with one attached hydrogen (secondary N) is 2. The van der Waals surface area contributed by atoms with Crippen LogP contribution in [-0.4, -0.2) is 6.03 Å². The van der Waals surface area contributed by atoms with Crippen molar-refractivity contribution in [3.63, 3.8) is 0 Å². The average molecular weight is 316 g/mol. The summed E-state index contributed by atoms with van der Waals surface area (Å²) in [6, 6.07) is 15.7. The molecule has 0 unspecified atom stereocenters. The molecule has 4 nitrogen and oxygen atoms in total. The molecule has 0 bridgehead atoms. The Morgan fingerprint density at radius 1 is 1.11 bits per heavy atom. The molecule has 0 aromatic heterocycles. The molecule has 94 valence electrons. The number of rotatable bonds is 2. The van der Waals surface area contributed by atoms with Gasteiger partial charge in [0.2, 0.25) is 0 Å². The molecule has 0 radical (unpaired) electrons. The van der Waals surface area contributed by atoms with E-state index < -0.39 is 0 Å². The van der Waals surface area contributed by atoms with Crippen LogP contribution >= 0.6 is 15.9 Å². The van der Waals surface area contributed by atoms with E-state index in [1.165, 1.54) is 0 Å². The maximum atomic E-state index is 11.8. The summed E-state index contributed by atoms with van der Waals surface area (Å²) in [7, 11) is 0. The molecular formula is C14H10BrN3O. The van der Waals surface area contributed by atoms with E-state index in [0.717, 1.165) is 4.47 Å². The van der Waals surface area contributed by atoms with Crippen LogP contribution in [0.4, 0.5) is 16.2 Å². The van der Waals surface area contributed by atoms with E-state index in [0.29, 0.717) is 16.9 Å². The van der Waals surface area contributed by atoms with Gasteiger partial charge in [-0.1, -0.05) is 34.1 Å². The first-order chi connectivity index (χ1) is 9.19. The lowest BCUT2D eigenvalue weighted by molar-refractivity contribution is 0.262. The minimum atomic E-state index is -0.388. The van der Waals surface area contributed by atoms with Crippen LogP contribution in [-0.2, 0) is 0 Å². The Bertz CT molecular complexity index is 649. The summed E-state index contributed by atoms with van der Waals surface area (Å²) in [6.45, 7) is 0. The van der Waals surface area contributed by atoms with Gasteiger partial charge in [0.1, 0.15) is 6.07 Å². The van der Waals surface area contributed by atoms with E-state index in [1.807, 2.05) is 18.2 Å². The van der Waals surface area contributed by atoms with Gasteiger partial charge in [0, 0.05) is 10.2 Å². The normalized spacial score (nSPS) is 9.47. The van der Waals surface area contributed by atoms with E-state index in [2.05, 4.69) is 26.6 Å². The molecule has 0 aliphatic rings. The minimum absolute atomic E-state index is 0.388. The van der Waals surface area contributed by atoms with Gasteiger partial charge >= 0.3 is 6.03 Å². The number of hydrogen-bond donors (Lipinski definition) is 2. The summed E-state index contributed by atoms with van der Waals surface area (Å²) in [5, 5.41) is 14.3. The Labute approximate surface area is 119 Å². The van der Waals surface area contributed by atoms with Gasteiger partial charge in [-0.3, -0.25) is 0 Å². The average Bonchev–Trinajstić information content (AvgIpc) is 2.39. The van der Waals surface area contributed by atoms with Gasteiger partial charge in [0.25, 0.3) is 0 Å². The maximum absolute atomic E-state index is 11.8. The standard InChI is InChI=1S/C14H10BrN3O/c15-11-5-3-6-12(8-11)17-14(19)18-13-7-2-1-4-10(13)9-16/h1-8H,(H2,17,18,19). The molecule has 0 saturated heterocycles. The first-order valence-corrected chi connectivity index (χ1v) is 6.31. The summed E-state index contributed by atoms with van der Waals surface area (Å²) < 4.78 is 0.878. The molecule has 2 amide bonds. The van der Waals surface area contributed by atoms with E-state index in [4.69, 9.17) is 5.26 Å². The quantitative estimate of drug-likeness (QED) is 0.880. The lowest BCUT2D eigenvalue weighted by Crippen LogP contribution is -2.19. The van der Waals surface area contributed by atoms with Crippen LogP contribution in [0.15, 0.2) is 53.0 Å². The van der Waals surface area contributed by atoms with Gasteiger partial charge in [0.15, 0.2) is 0 Å². The number of benzene rings is 2. The summed E-state index contributed by atoms with van der Waals surface area (Å²) in [5.41, 5.74) is 1.57. The van der Waals surface area contributed by atoms with Gasteiger partial charge in [0.05, 0.1) is 11.3 Å². The second kappa shape index (κ2) is 6.03. The fraction of sp³-hybridized carbons (Fsp3) is 0. The largest absolute Gasteiger partial charge is 0.323 e. The molecular weight excluding hydrogens is 306 g/mol. The highest BCUT2D eigenvalue weighted by molar-refractivity contribution is 9.10. The number of amides is 2. The molecule has 5 heteroatoms. The van der Waals surface area contributed by atoms with Crippen molar-refractivity contribution in [3.05, 3.63) is 58.6 Å². The van der Waals surface area contributed by atoms with E-state index in [1.54, 1.807) is 36.4 Å². The highest BCUT2D eigenvalue weighted by Gasteiger charge is 2.06. The monoisotopic (exact) mass is 315 g/mol. The minimum Gasteiger partial charge on any atom is -0.308 e. The second-order valence-corrected chi connectivity index (χ2v) is 4.66. The van der Waals surface area contributed by atoms with Crippen LogP contribution in [0.25, 0.3) is 0 Å². The van der Waals surface area contributed by atoms with E-state index >= 15 is 0 Å². The molecule has 0 fully saturated rings. The third-order valence-corrected chi connectivity index (χ3v) is 2.87. The highest BCUT2D eigenvalue weighted by atomic mass is 79.9. The summed E-state index contributed by atoms with van der Waals surface area (Å²) in [6.07, 6.45) is 0. The fourth-order valence-electron chi connectivity index (χ4n) is 1.54. The number of nitriles is 1. The fourth-order valence-corrected chi connectivity index (χ4v) is 1.94. The van der Waals surface area contributed by atoms with Crippen molar-refractivity contribution in [3.8, 4) is 6.07 Å². The first kappa shape index (κ1) is 13.1. The van der Waals surface area contributed by atoms with Crippen LogP contribution in [0.1, 0.15) is 5.56 Å². The first-order valence-electron chi connectivity index (χ1n) is 5.52. The molecule has 0 atom stereocenters. The molecule has 2 aromatic rings. The number of para-hydroxylation sites is 1. The van der Waals surface area contributed by atoms with Crippen LogP contribution < -0.4 is 10.6 Å². The third-order valence-electron chi connectivity index (χ3n) is 2.38. The predicted molar refractivity (Wildman–Crippen MR) is 77.9 cm³/mol. The SMILES string of the molecule is N#Cc1ccccc1NC(=O)Nc1cccc(Br)c1.